The second kappa shape index (κ2) is 6.43. The zero-order valence-electron chi connectivity index (χ0n) is 12.4. The van der Waals surface area contributed by atoms with Gasteiger partial charge >= 0.3 is 0 Å². The molecular weight excluding hydrogens is 300 g/mol. The minimum atomic E-state index is -3.41. The molecule has 1 aliphatic heterocycles. The van der Waals surface area contributed by atoms with Crippen molar-refractivity contribution in [2.45, 2.75) is 25.2 Å². The van der Waals surface area contributed by atoms with Crippen LogP contribution in [0.5, 0.6) is 0 Å². The lowest BCUT2D eigenvalue weighted by atomic mass is 10.1. The molecule has 1 unspecified atom stereocenters. The van der Waals surface area contributed by atoms with Gasteiger partial charge in [-0.05, 0) is 39.8 Å². The lowest BCUT2D eigenvalue weighted by molar-refractivity contribution is 0.450. The normalized spacial score (nSPS) is 20.1. The van der Waals surface area contributed by atoms with Crippen LogP contribution in [0.25, 0.3) is 0 Å². The number of aromatic nitrogens is 2. The Hall–Kier alpha value is -0.630. The van der Waals surface area contributed by atoms with Gasteiger partial charge in [-0.3, -0.25) is 4.68 Å². The number of hydrogen-bond acceptors (Lipinski definition) is 4. The first-order valence-electron chi connectivity index (χ1n) is 6.53. The standard InChI is InChI=1S/C12H22N4O2S.ClH/c1-9-12(10(2)15(4)14-9)19(17,18)16-6-5-11(8-16)7-13-3;/h11,13H,5-8H2,1-4H3;1H. The molecule has 1 saturated heterocycles. The number of sulfonamides is 1. The van der Waals surface area contributed by atoms with E-state index in [1.165, 1.54) is 0 Å². The van der Waals surface area contributed by atoms with Gasteiger partial charge in [0.25, 0.3) is 0 Å². The minimum absolute atomic E-state index is 0. The van der Waals surface area contributed by atoms with Crippen LogP contribution in [-0.4, -0.2) is 49.2 Å². The molecule has 0 saturated carbocycles. The number of hydrogen-bond donors (Lipinski definition) is 1. The summed E-state index contributed by atoms with van der Waals surface area (Å²) in [5, 5.41) is 7.31. The van der Waals surface area contributed by atoms with Crippen molar-refractivity contribution < 1.29 is 8.42 Å². The van der Waals surface area contributed by atoms with Crippen LogP contribution in [0.15, 0.2) is 4.90 Å². The van der Waals surface area contributed by atoms with Crippen LogP contribution in [-0.2, 0) is 17.1 Å². The number of rotatable bonds is 4. The van der Waals surface area contributed by atoms with E-state index in [-0.39, 0.29) is 12.4 Å². The quantitative estimate of drug-likeness (QED) is 0.885. The third-order valence-electron chi connectivity index (χ3n) is 3.78. The van der Waals surface area contributed by atoms with Gasteiger partial charge in [0, 0.05) is 20.1 Å². The van der Waals surface area contributed by atoms with Crippen molar-refractivity contribution in [2.75, 3.05) is 26.7 Å². The molecule has 1 aromatic rings. The van der Waals surface area contributed by atoms with Gasteiger partial charge in [0.1, 0.15) is 4.90 Å². The smallest absolute Gasteiger partial charge is 0.246 e. The van der Waals surface area contributed by atoms with E-state index in [0.29, 0.717) is 35.3 Å². The first-order chi connectivity index (χ1) is 8.87. The third kappa shape index (κ3) is 3.00. The van der Waals surface area contributed by atoms with Crippen molar-refractivity contribution in [2.24, 2.45) is 13.0 Å². The predicted octanol–water partition coefficient (Wildman–Crippen LogP) is 0.689. The van der Waals surface area contributed by atoms with E-state index in [4.69, 9.17) is 0 Å². The molecule has 0 spiro atoms. The molecule has 1 fully saturated rings. The molecule has 6 nitrogen and oxygen atoms in total. The first kappa shape index (κ1) is 17.4. The summed E-state index contributed by atoms with van der Waals surface area (Å²) in [5.74, 6) is 0.400. The van der Waals surface area contributed by atoms with Crippen LogP contribution in [0.4, 0.5) is 0 Å². The lowest BCUT2D eigenvalue weighted by Crippen LogP contribution is -2.31. The van der Waals surface area contributed by atoms with Crippen LogP contribution in [0.3, 0.4) is 0 Å². The van der Waals surface area contributed by atoms with E-state index in [2.05, 4.69) is 10.4 Å². The molecule has 0 aliphatic carbocycles. The monoisotopic (exact) mass is 322 g/mol. The fourth-order valence-electron chi connectivity index (χ4n) is 2.73. The molecule has 2 heterocycles. The number of nitrogens with one attached hydrogen (secondary N) is 1. The van der Waals surface area contributed by atoms with Crippen LogP contribution >= 0.6 is 12.4 Å². The van der Waals surface area contributed by atoms with Gasteiger partial charge in [-0.2, -0.15) is 9.40 Å². The van der Waals surface area contributed by atoms with Crippen LogP contribution in [0.1, 0.15) is 17.8 Å². The van der Waals surface area contributed by atoms with E-state index in [1.54, 1.807) is 29.9 Å². The van der Waals surface area contributed by atoms with Gasteiger partial charge in [0.15, 0.2) is 0 Å². The Morgan fingerprint density at radius 3 is 2.55 bits per heavy atom. The molecule has 0 radical (unpaired) electrons. The highest BCUT2D eigenvalue weighted by Crippen LogP contribution is 2.27. The average Bonchev–Trinajstić information content (AvgIpc) is 2.87. The fourth-order valence-corrected chi connectivity index (χ4v) is 4.66. The van der Waals surface area contributed by atoms with Crippen LogP contribution in [0, 0.1) is 19.8 Å². The van der Waals surface area contributed by atoms with Crippen molar-refractivity contribution in [3.63, 3.8) is 0 Å². The van der Waals surface area contributed by atoms with Gasteiger partial charge in [-0.25, -0.2) is 8.42 Å². The Morgan fingerprint density at radius 2 is 2.05 bits per heavy atom. The highest BCUT2D eigenvalue weighted by molar-refractivity contribution is 7.89. The number of aryl methyl sites for hydroxylation is 2. The molecule has 1 aromatic heterocycles. The van der Waals surface area contributed by atoms with Crippen molar-refractivity contribution in [3.05, 3.63) is 11.4 Å². The van der Waals surface area contributed by atoms with Crippen LogP contribution in [0.2, 0.25) is 0 Å². The Bertz CT molecular complexity index is 570. The second-order valence-electron chi connectivity index (χ2n) is 5.20. The molecule has 0 bridgehead atoms. The maximum atomic E-state index is 12.7. The molecule has 1 aliphatic rings. The minimum Gasteiger partial charge on any atom is -0.319 e. The summed E-state index contributed by atoms with van der Waals surface area (Å²) >= 11 is 0. The molecule has 0 aromatic carbocycles. The average molecular weight is 323 g/mol. The molecule has 116 valence electrons. The summed E-state index contributed by atoms with van der Waals surface area (Å²) < 4.78 is 28.6. The van der Waals surface area contributed by atoms with E-state index >= 15 is 0 Å². The van der Waals surface area contributed by atoms with E-state index in [0.717, 1.165) is 13.0 Å². The Morgan fingerprint density at radius 1 is 1.40 bits per heavy atom. The van der Waals surface area contributed by atoms with Crippen molar-refractivity contribution in [3.8, 4) is 0 Å². The van der Waals surface area contributed by atoms with Gasteiger partial charge in [-0.15, -0.1) is 12.4 Å². The highest BCUT2D eigenvalue weighted by atomic mass is 35.5. The molecule has 8 heteroatoms. The lowest BCUT2D eigenvalue weighted by Gasteiger charge is -2.17. The summed E-state index contributed by atoms with van der Waals surface area (Å²) in [7, 11) is 0.260. The van der Waals surface area contributed by atoms with Crippen molar-refractivity contribution >= 4 is 22.4 Å². The van der Waals surface area contributed by atoms with Gasteiger partial charge < -0.3 is 5.32 Å². The van der Waals surface area contributed by atoms with Gasteiger partial charge in [0.05, 0.1) is 11.4 Å². The largest absolute Gasteiger partial charge is 0.319 e. The third-order valence-corrected chi connectivity index (χ3v) is 5.90. The Labute approximate surface area is 127 Å². The van der Waals surface area contributed by atoms with Gasteiger partial charge in [0.2, 0.25) is 10.0 Å². The molecule has 0 amide bonds. The molecule has 1 atom stereocenters. The van der Waals surface area contributed by atoms with E-state index in [1.807, 2.05) is 7.05 Å². The van der Waals surface area contributed by atoms with E-state index < -0.39 is 10.0 Å². The topological polar surface area (TPSA) is 67.2 Å². The SMILES string of the molecule is CNCC1CCN(S(=O)(=O)c2c(C)nn(C)c2C)C1.Cl. The second-order valence-corrected chi connectivity index (χ2v) is 7.07. The summed E-state index contributed by atoms with van der Waals surface area (Å²) in [6.45, 7) is 5.60. The number of nitrogens with zero attached hydrogens (tertiary/aromatic N) is 3. The Kier molecular flexibility index (Phi) is 5.60. The van der Waals surface area contributed by atoms with Crippen molar-refractivity contribution in [1.29, 1.82) is 0 Å². The maximum absolute atomic E-state index is 12.7. The summed E-state index contributed by atoms with van der Waals surface area (Å²) in [6.07, 6.45) is 0.915. The Balaban J connectivity index is 0.00000200. The van der Waals surface area contributed by atoms with Crippen molar-refractivity contribution in [1.82, 2.24) is 19.4 Å². The summed E-state index contributed by atoms with van der Waals surface area (Å²) in [5.41, 5.74) is 1.28. The molecule has 20 heavy (non-hydrogen) atoms. The van der Waals surface area contributed by atoms with Gasteiger partial charge in [-0.1, -0.05) is 0 Å². The maximum Gasteiger partial charge on any atom is 0.246 e. The fraction of sp³-hybridized carbons (Fsp3) is 0.750. The zero-order valence-corrected chi connectivity index (χ0v) is 14.0. The molecule has 2 rings (SSSR count). The molecular formula is C12H23ClN4O2S. The first-order valence-corrected chi connectivity index (χ1v) is 7.97. The van der Waals surface area contributed by atoms with E-state index in [9.17, 15) is 8.42 Å². The summed E-state index contributed by atoms with van der Waals surface area (Å²) in [4.78, 5) is 0.375. The number of halogens is 1. The summed E-state index contributed by atoms with van der Waals surface area (Å²) in [6, 6.07) is 0. The van der Waals surface area contributed by atoms with Crippen LogP contribution < -0.4 is 5.32 Å². The predicted molar refractivity (Wildman–Crippen MR) is 80.7 cm³/mol. The zero-order chi connectivity index (χ0) is 14.2. The molecule has 1 N–H and O–H groups in total. The highest BCUT2D eigenvalue weighted by Gasteiger charge is 2.35.